The van der Waals surface area contributed by atoms with E-state index >= 15 is 0 Å². The number of nitrogens with one attached hydrogen (secondary N) is 1. The average Bonchev–Trinajstić information content (AvgIpc) is 2.43. The Balaban J connectivity index is 2.04. The zero-order valence-electron chi connectivity index (χ0n) is 12.1. The minimum Gasteiger partial charge on any atom is -0.368 e. The summed E-state index contributed by atoms with van der Waals surface area (Å²) in [5, 5.41) is 3.02. The Hall–Kier alpha value is -2.15. The molecule has 0 radical (unpaired) electrons. The van der Waals surface area contributed by atoms with Gasteiger partial charge in [0.25, 0.3) is 0 Å². The highest BCUT2D eigenvalue weighted by Gasteiger charge is 2.17. The van der Waals surface area contributed by atoms with Crippen LogP contribution in [0.15, 0.2) is 29.7 Å². The predicted octanol–water partition coefficient (Wildman–Crippen LogP) is 2.19. The molecule has 1 aromatic carbocycles. The summed E-state index contributed by atoms with van der Waals surface area (Å²) in [5.74, 6) is 0.0438. The van der Waals surface area contributed by atoms with Crippen LogP contribution < -0.4 is 11.1 Å². The number of rotatable bonds is 4. The standard InChI is InChI=1S/C14H17N5OS/c1-8-4-5-9(2)11(6-8)18-12(20)10(3)21-14-17-7-16-13(15)19-14/h4-7,10H,1-3H3,(H,18,20)(H2,15,16,17,19). The van der Waals surface area contributed by atoms with Crippen LogP contribution in [0.4, 0.5) is 11.6 Å². The third kappa shape index (κ3) is 4.16. The summed E-state index contributed by atoms with van der Waals surface area (Å²) in [6, 6.07) is 5.94. The van der Waals surface area contributed by atoms with Gasteiger partial charge in [-0.15, -0.1) is 0 Å². The molecule has 0 saturated carbocycles. The summed E-state index contributed by atoms with van der Waals surface area (Å²) in [7, 11) is 0. The van der Waals surface area contributed by atoms with E-state index in [0.717, 1.165) is 16.8 Å². The number of carbonyl (C=O) groups is 1. The second-order valence-electron chi connectivity index (χ2n) is 4.69. The average molecular weight is 303 g/mol. The van der Waals surface area contributed by atoms with Crippen molar-refractivity contribution in [3.05, 3.63) is 35.7 Å². The fourth-order valence-electron chi connectivity index (χ4n) is 1.67. The molecule has 110 valence electrons. The van der Waals surface area contributed by atoms with Crippen molar-refractivity contribution in [1.29, 1.82) is 0 Å². The van der Waals surface area contributed by atoms with Crippen LogP contribution in [-0.2, 0) is 4.79 Å². The number of anilines is 2. The molecule has 21 heavy (non-hydrogen) atoms. The molecule has 0 aliphatic rings. The third-order valence-electron chi connectivity index (χ3n) is 2.87. The van der Waals surface area contributed by atoms with E-state index in [1.54, 1.807) is 6.92 Å². The molecule has 0 fully saturated rings. The van der Waals surface area contributed by atoms with Crippen LogP contribution in [0, 0.1) is 13.8 Å². The lowest BCUT2D eigenvalue weighted by atomic mass is 10.1. The van der Waals surface area contributed by atoms with Crippen molar-refractivity contribution in [2.75, 3.05) is 11.1 Å². The number of benzene rings is 1. The number of hydrogen-bond acceptors (Lipinski definition) is 6. The Labute approximate surface area is 127 Å². The molecule has 2 aromatic rings. The van der Waals surface area contributed by atoms with Gasteiger partial charge in [0.05, 0.1) is 5.25 Å². The molecule has 1 aromatic heterocycles. The number of nitrogens with two attached hydrogens (primary N) is 1. The summed E-state index contributed by atoms with van der Waals surface area (Å²) >= 11 is 1.24. The lowest BCUT2D eigenvalue weighted by Crippen LogP contribution is -2.23. The Kier molecular flexibility index (Phi) is 4.74. The van der Waals surface area contributed by atoms with Crippen molar-refractivity contribution in [3.8, 4) is 0 Å². The molecule has 6 nitrogen and oxygen atoms in total. The fraction of sp³-hybridized carbons (Fsp3) is 0.286. The number of carbonyl (C=O) groups excluding carboxylic acids is 1. The normalized spacial score (nSPS) is 12.0. The highest BCUT2D eigenvalue weighted by atomic mass is 32.2. The fourth-order valence-corrected chi connectivity index (χ4v) is 2.40. The number of thioether (sulfide) groups is 1. The molecule has 0 aliphatic heterocycles. The van der Waals surface area contributed by atoms with E-state index in [4.69, 9.17) is 5.73 Å². The molecule has 0 bridgehead atoms. The van der Waals surface area contributed by atoms with Crippen molar-refractivity contribution < 1.29 is 4.79 Å². The van der Waals surface area contributed by atoms with Gasteiger partial charge >= 0.3 is 0 Å². The Morgan fingerprint density at radius 1 is 1.33 bits per heavy atom. The van der Waals surface area contributed by atoms with Gasteiger partial charge in [0.2, 0.25) is 11.9 Å². The quantitative estimate of drug-likeness (QED) is 0.841. The highest BCUT2D eigenvalue weighted by molar-refractivity contribution is 8.00. The van der Waals surface area contributed by atoms with Gasteiger partial charge in [0.15, 0.2) is 5.16 Å². The smallest absolute Gasteiger partial charge is 0.237 e. The molecule has 7 heteroatoms. The molecule has 2 rings (SSSR count). The van der Waals surface area contributed by atoms with Crippen LogP contribution in [0.25, 0.3) is 0 Å². The molecule has 0 aliphatic carbocycles. The van der Waals surface area contributed by atoms with E-state index < -0.39 is 0 Å². The van der Waals surface area contributed by atoms with Gasteiger partial charge in [-0.3, -0.25) is 4.79 Å². The molecular weight excluding hydrogens is 286 g/mol. The van der Waals surface area contributed by atoms with Crippen molar-refractivity contribution >= 4 is 29.3 Å². The summed E-state index contributed by atoms with van der Waals surface area (Å²) < 4.78 is 0. The van der Waals surface area contributed by atoms with Crippen molar-refractivity contribution in [2.24, 2.45) is 0 Å². The first-order valence-electron chi connectivity index (χ1n) is 6.45. The first kappa shape index (κ1) is 15.2. The molecule has 1 atom stereocenters. The number of aromatic nitrogens is 3. The molecular formula is C14H17N5OS. The lowest BCUT2D eigenvalue weighted by molar-refractivity contribution is -0.115. The van der Waals surface area contributed by atoms with Gasteiger partial charge in [-0.05, 0) is 38.0 Å². The second-order valence-corrected chi connectivity index (χ2v) is 6.00. The summed E-state index contributed by atoms with van der Waals surface area (Å²) in [6.07, 6.45) is 1.33. The number of nitrogen functional groups attached to an aromatic ring is 1. The maximum Gasteiger partial charge on any atom is 0.237 e. The second kappa shape index (κ2) is 6.53. The number of aryl methyl sites for hydroxylation is 2. The zero-order chi connectivity index (χ0) is 15.4. The molecule has 0 spiro atoms. The van der Waals surface area contributed by atoms with Gasteiger partial charge in [0.1, 0.15) is 6.33 Å². The topological polar surface area (TPSA) is 93.8 Å². The molecule has 3 N–H and O–H groups in total. The maximum atomic E-state index is 12.2. The zero-order valence-corrected chi connectivity index (χ0v) is 12.9. The van der Waals surface area contributed by atoms with Crippen molar-refractivity contribution in [3.63, 3.8) is 0 Å². The van der Waals surface area contributed by atoms with E-state index in [1.165, 1.54) is 18.1 Å². The monoisotopic (exact) mass is 303 g/mol. The van der Waals surface area contributed by atoms with Crippen molar-refractivity contribution in [1.82, 2.24) is 15.0 Å². The van der Waals surface area contributed by atoms with Crippen molar-refractivity contribution in [2.45, 2.75) is 31.2 Å². The first-order chi connectivity index (χ1) is 9.95. The minimum atomic E-state index is -0.341. The van der Waals surface area contributed by atoms with Gasteiger partial charge in [-0.1, -0.05) is 23.9 Å². The third-order valence-corrected chi connectivity index (χ3v) is 3.85. The first-order valence-corrected chi connectivity index (χ1v) is 7.33. The van der Waals surface area contributed by atoms with Crippen LogP contribution >= 0.6 is 11.8 Å². The number of amides is 1. The van der Waals surface area contributed by atoms with E-state index in [0.29, 0.717) is 5.16 Å². The predicted molar refractivity (Wildman–Crippen MR) is 84.1 cm³/mol. The molecule has 1 unspecified atom stereocenters. The minimum absolute atomic E-state index is 0.104. The van der Waals surface area contributed by atoms with Gasteiger partial charge < -0.3 is 11.1 Å². The van der Waals surface area contributed by atoms with Crippen LogP contribution in [0.5, 0.6) is 0 Å². The van der Waals surface area contributed by atoms with Crippen LogP contribution in [-0.4, -0.2) is 26.1 Å². The Bertz CT molecular complexity index is 662. The Morgan fingerprint density at radius 2 is 2.10 bits per heavy atom. The molecule has 1 heterocycles. The van der Waals surface area contributed by atoms with E-state index in [9.17, 15) is 4.79 Å². The molecule has 1 amide bonds. The maximum absolute atomic E-state index is 12.2. The van der Waals surface area contributed by atoms with Gasteiger partial charge in [0, 0.05) is 5.69 Å². The lowest BCUT2D eigenvalue weighted by Gasteiger charge is -2.13. The summed E-state index contributed by atoms with van der Waals surface area (Å²) in [4.78, 5) is 23.9. The van der Waals surface area contributed by atoms with E-state index in [1.807, 2.05) is 32.0 Å². The van der Waals surface area contributed by atoms with E-state index in [-0.39, 0.29) is 17.1 Å². The molecule has 0 saturated heterocycles. The Morgan fingerprint density at radius 3 is 2.81 bits per heavy atom. The summed E-state index contributed by atoms with van der Waals surface area (Å²) in [5.41, 5.74) is 8.44. The SMILES string of the molecule is Cc1ccc(C)c(NC(=O)C(C)Sc2ncnc(N)n2)c1. The number of nitrogens with zero attached hydrogens (tertiary/aromatic N) is 3. The number of hydrogen-bond donors (Lipinski definition) is 2. The van der Waals surface area contributed by atoms with Crippen LogP contribution in [0.2, 0.25) is 0 Å². The van der Waals surface area contributed by atoms with Gasteiger partial charge in [-0.2, -0.15) is 4.98 Å². The van der Waals surface area contributed by atoms with Crippen LogP contribution in [0.1, 0.15) is 18.1 Å². The summed E-state index contributed by atoms with van der Waals surface area (Å²) in [6.45, 7) is 5.74. The van der Waals surface area contributed by atoms with Crippen LogP contribution in [0.3, 0.4) is 0 Å². The highest BCUT2D eigenvalue weighted by Crippen LogP contribution is 2.22. The largest absolute Gasteiger partial charge is 0.368 e. The van der Waals surface area contributed by atoms with E-state index in [2.05, 4.69) is 20.3 Å². The van der Waals surface area contributed by atoms with Gasteiger partial charge in [-0.25, -0.2) is 9.97 Å².